The third kappa shape index (κ3) is 3.53. The summed E-state index contributed by atoms with van der Waals surface area (Å²) in [7, 11) is 0. The van der Waals surface area contributed by atoms with Gasteiger partial charge in [0.05, 0.1) is 15.9 Å². The molecule has 0 amide bonds. The first-order valence-electron chi connectivity index (χ1n) is 6.37. The van der Waals surface area contributed by atoms with Crippen LogP contribution in [0.1, 0.15) is 45.0 Å². The fraction of sp³-hybridized carbons (Fsp3) is 0.750. The first-order valence-corrected chi connectivity index (χ1v) is 7.17. The molecule has 0 aromatic carbocycles. The van der Waals surface area contributed by atoms with Gasteiger partial charge in [0, 0.05) is 19.0 Å². The lowest BCUT2D eigenvalue weighted by Gasteiger charge is -2.15. The molecule has 0 fully saturated rings. The lowest BCUT2D eigenvalue weighted by Crippen LogP contribution is -2.37. The van der Waals surface area contributed by atoms with Gasteiger partial charge >= 0.3 is 0 Å². The maximum absolute atomic E-state index is 5.59. The first-order chi connectivity index (χ1) is 8.17. The van der Waals surface area contributed by atoms with Crippen molar-refractivity contribution in [3.05, 3.63) is 15.9 Å². The van der Waals surface area contributed by atoms with Crippen molar-refractivity contribution in [2.45, 2.75) is 59.0 Å². The van der Waals surface area contributed by atoms with Crippen molar-refractivity contribution in [1.82, 2.24) is 15.2 Å². The third-order valence-corrected chi connectivity index (χ3v) is 3.92. The molecule has 4 nitrogen and oxygen atoms in total. The maximum atomic E-state index is 5.59. The number of nitrogens with one attached hydrogen (secondary N) is 1. The summed E-state index contributed by atoms with van der Waals surface area (Å²) in [4.78, 5) is 0. The predicted molar refractivity (Wildman–Crippen MR) is 74.7 cm³/mol. The number of aryl methyl sites for hydroxylation is 2. The Morgan fingerprint density at radius 3 is 2.59 bits per heavy atom. The molecule has 0 saturated carbocycles. The average Bonchev–Trinajstić information content (AvgIpc) is 2.65. The zero-order valence-electron chi connectivity index (χ0n) is 11.0. The summed E-state index contributed by atoms with van der Waals surface area (Å²) < 4.78 is 3.22. The monoisotopic (exact) mass is 302 g/mol. The topological polar surface area (TPSA) is 55.9 Å². The van der Waals surface area contributed by atoms with E-state index >= 15 is 0 Å². The second-order valence-electron chi connectivity index (χ2n) is 4.23. The van der Waals surface area contributed by atoms with Gasteiger partial charge in [-0.1, -0.05) is 20.3 Å². The molecule has 1 unspecified atom stereocenters. The number of rotatable bonds is 7. The van der Waals surface area contributed by atoms with Crippen molar-refractivity contribution in [1.29, 1.82) is 0 Å². The van der Waals surface area contributed by atoms with E-state index in [9.17, 15) is 0 Å². The third-order valence-electron chi connectivity index (χ3n) is 3.01. The van der Waals surface area contributed by atoms with Crippen LogP contribution in [0.4, 0.5) is 0 Å². The van der Waals surface area contributed by atoms with Crippen LogP contribution in [0, 0.1) is 0 Å². The van der Waals surface area contributed by atoms with Crippen molar-refractivity contribution in [2.75, 3.05) is 0 Å². The normalized spacial score (nSPS) is 13.0. The van der Waals surface area contributed by atoms with Gasteiger partial charge < -0.3 is 0 Å². The van der Waals surface area contributed by atoms with Crippen LogP contribution in [0.3, 0.4) is 0 Å². The Hall–Kier alpha value is -0.390. The van der Waals surface area contributed by atoms with E-state index in [2.05, 4.69) is 51.9 Å². The molecular formula is C12H23BrN4. The number of hydrogen-bond donors (Lipinski definition) is 2. The quantitative estimate of drug-likeness (QED) is 0.601. The van der Waals surface area contributed by atoms with Crippen LogP contribution in [0.25, 0.3) is 0 Å². The highest BCUT2D eigenvalue weighted by atomic mass is 79.9. The van der Waals surface area contributed by atoms with E-state index < -0.39 is 0 Å². The Bertz CT molecular complexity index is 349. The summed E-state index contributed by atoms with van der Waals surface area (Å²) >= 11 is 3.66. The molecule has 1 rings (SSSR count). The van der Waals surface area contributed by atoms with E-state index in [4.69, 9.17) is 5.84 Å². The smallest absolute Gasteiger partial charge is 0.0766 e. The highest BCUT2D eigenvalue weighted by Crippen LogP contribution is 2.24. The molecule has 1 aromatic heterocycles. The molecule has 0 aliphatic rings. The summed E-state index contributed by atoms with van der Waals surface area (Å²) in [5.41, 5.74) is 5.28. The molecule has 0 spiro atoms. The van der Waals surface area contributed by atoms with Gasteiger partial charge in [0.15, 0.2) is 0 Å². The van der Waals surface area contributed by atoms with Gasteiger partial charge in [-0.3, -0.25) is 16.0 Å². The number of aromatic nitrogens is 2. The van der Waals surface area contributed by atoms with Gasteiger partial charge in [-0.2, -0.15) is 5.10 Å². The summed E-state index contributed by atoms with van der Waals surface area (Å²) in [6, 6.07) is 0.322. The minimum Gasteiger partial charge on any atom is -0.271 e. The van der Waals surface area contributed by atoms with Crippen LogP contribution in [0.15, 0.2) is 4.47 Å². The molecule has 0 aliphatic heterocycles. The highest BCUT2D eigenvalue weighted by Gasteiger charge is 2.17. The summed E-state index contributed by atoms with van der Waals surface area (Å²) in [5, 5.41) is 4.60. The Kier molecular flexibility index (Phi) is 6.16. The minimum absolute atomic E-state index is 0.322. The van der Waals surface area contributed by atoms with Gasteiger partial charge in [0.25, 0.3) is 0 Å². The van der Waals surface area contributed by atoms with Gasteiger partial charge in [0.1, 0.15) is 0 Å². The standard InChI is InChI=1S/C12H23BrN4/c1-4-7-9(15-14)8-11-12(13)10(5-2)16-17(11)6-3/h9,15H,4-8,14H2,1-3H3. The fourth-order valence-electron chi connectivity index (χ4n) is 2.04. The van der Waals surface area contributed by atoms with Crippen molar-refractivity contribution >= 4 is 15.9 Å². The molecule has 0 bridgehead atoms. The zero-order valence-corrected chi connectivity index (χ0v) is 12.5. The average molecular weight is 303 g/mol. The van der Waals surface area contributed by atoms with Gasteiger partial charge in [-0.15, -0.1) is 0 Å². The van der Waals surface area contributed by atoms with E-state index in [1.165, 1.54) is 5.69 Å². The number of hydrazine groups is 1. The number of halogens is 1. The lowest BCUT2D eigenvalue weighted by atomic mass is 10.1. The zero-order chi connectivity index (χ0) is 12.8. The summed E-state index contributed by atoms with van der Waals surface area (Å²) in [5.74, 6) is 5.59. The van der Waals surface area contributed by atoms with Crippen LogP contribution in [0.2, 0.25) is 0 Å². The van der Waals surface area contributed by atoms with Crippen LogP contribution < -0.4 is 11.3 Å². The number of nitrogens with zero attached hydrogens (tertiary/aromatic N) is 2. The van der Waals surface area contributed by atoms with Crippen LogP contribution >= 0.6 is 15.9 Å². The number of hydrogen-bond acceptors (Lipinski definition) is 3. The highest BCUT2D eigenvalue weighted by molar-refractivity contribution is 9.10. The second kappa shape index (κ2) is 7.13. The molecule has 0 radical (unpaired) electrons. The van der Waals surface area contributed by atoms with Crippen molar-refractivity contribution < 1.29 is 0 Å². The largest absolute Gasteiger partial charge is 0.271 e. The molecule has 98 valence electrons. The second-order valence-corrected chi connectivity index (χ2v) is 5.03. The van der Waals surface area contributed by atoms with E-state index in [1.54, 1.807) is 0 Å². The molecule has 3 N–H and O–H groups in total. The SMILES string of the molecule is CCCC(Cc1c(Br)c(CC)nn1CC)NN. The Balaban J connectivity index is 2.91. The van der Waals surface area contributed by atoms with E-state index in [0.717, 1.165) is 42.4 Å². The summed E-state index contributed by atoms with van der Waals surface area (Å²) in [6.45, 7) is 7.32. The predicted octanol–water partition coefficient (Wildman–Crippen LogP) is 2.40. The lowest BCUT2D eigenvalue weighted by molar-refractivity contribution is 0.466. The molecule has 1 atom stereocenters. The molecular weight excluding hydrogens is 280 g/mol. The van der Waals surface area contributed by atoms with E-state index in [0.29, 0.717) is 6.04 Å². The first kappa shape index (κ1) is 14.7. The van der Waals surface area contributed by atoms with Crippen LogP contribution in [0.5, 0.6) is 0 Å². The van der Waals surface area contributed by atoms with E-state index in [1.807, 2.05) is 0 Å². The Morgan fingerprint density at radius 1 is 1.41 bits per heavy atom. The van der Waals surface area contributed by atoms with Gasteiger partial charge in [-0.25, -0.2) is 0 Å². The van der Waals surface area contributed by atoms with Crippen molar-refractivity contribution in [3.63, 3.8) is 0 Å². The Labute approximate surface area is 112 Å². The molecule has 1 aromatic rings. The molecule has 17 heavy (non-hydrogen) atoms. The Morgan fingerprint density at radius 2 is 2.12 bits per heavy atom. The molecule has 5 heteroatoms. The van der Waals surface area contributed by atoms with E-state index in [-0.39, 0.29) is 0 Å². The molecule has 0 aliphatic carbocycles. The van der Waals surface area contributed by atoms with Crippen molar-refractivity contribution in [2.24, 2.45) is 5.84 Å². The van der Waals surface area contributed by atoms with Gasteiger partial charge in [-0.05, 0) is 35.7 Å². The maximum Gasteiger partial charge on any atom is 0.0766 e. The fourth-order valence-corrected chi connectivity index (χ4v) is 2.76. The van der Waals surface area contributed by atoms with Gasteiger partial charge in [0.2, 0.25) is 0 Å². The molecule has 0 saturated heterocycles. The summed E-state index contributed by atoms with van der Waals surface area (Å²) in [6.07, 6.45) is 4.09. The minimum atomic E-state index is 0.322. The van der Waals surface area contributed by atoms with Crippen molar-refractivity contribution in [3.8, 4) is 0 Å². The van der Waals surface area contributed by atoms with Crippen LogP contribution in [-0.4, -0.2) is 15.8 Å². The molecule has 1 heterocycles. The van der Waals surface area contributed by atoms with Crippen LogP contribution in [-0.2, 0) is 19.4 Å². The number of nitrogens with two attached hydrogens (primary N) is 1.